The predicted octanol–water partition coefficient (Wildman–Crippen LogP) is 2.88. The minimum Gasteiger partial charge on any atom is -0.383 e. The Balaban J connectivity index is 2.32. The summed E-state index contributed by atoms with van der Waals surface area (Å²) in [6, 6.07) is 7.20. The summed E-state index contributed by atoms with van der Waals surface area (Å²) in [5, 5.41) is 10.5. The second kappa shape index (κ2) is 4.09. The summed E-state index contributed by atoms with van der Waals surface area (Å²) in [7, 11) is 0. The third-order valence-electron chi connectivity index (χ3n) is 1.89. The van der Waals surface area contributed by atoms with E-state index in [1.165, 1.54) is 11.3 Å². The van der Waals surface area contributed by atoms with Gasteiger partial charge in [0.15, 0.2) is 0 Å². The van der Waals surface area contributed by atoms with E-state index in [2.05, 4.69) is 4.98 Å². The number of nitrogens with zero attached hydrogens (tertiary/aromatic N) is 1. The molecule has 1 heterocycles. The molecule has 0 aliphatic carbocycles. The summed E-state index contributed by atoms with van der Waals surface area (Å²) in [5.74, 6) is 0. The van der Waals surface area contributed by atoms with E-state index < -0.39 is 6.10 Å². The molecule has 0 bridgehead atoms. The van der Waals surface area contributed by atoms with E-state index in [4.69, 9.17) is 11.6 Å². The Morgan fingerprint density at radius 1 is 1.43 bits per heavy atom. The molecule has 2 aromatic rings. The fourth-order valence-corrected chi connectivity index (χ4v) is 2.03. The van der Waals surface area contributed by atoms with Crippen molar-refractivity contribution in [3.8, 4) is 0 Å². The van der Waals surface area contributed by atoms with Gasteiger partial charge in [-0.05, 0) is 17.7 Å². The average molecular weight is 226 g/mol. The summed E-state index contributed by atoms with van der Waals surface area (Å²) < 4.78 is 0. The van der Waals surface area contributed by atoms with Gasteiger partial charge in [-0.1, -0.05) is 23.7 Å². The molecule has 0 saturated heterocycles. The maximum absolute atomic E-state index is 9.92. The lowest BCUT2D eigenvalue weighted by atomic mass is 10.1. The summed E-state index contributed by atoms with van der Waals surface area (Å²) in [6.45, 7) is 0. The number of hydrogen-bond donors (Lipinski definition) is 1. The quantitative estimate of drug-likeness (QED) is 0.853. The van der Waals surface area contributed by atoms with Gasteiger partial charge < -0.3 is 5.11 Å². The zero-order valence-electron chi connectivity index (χ0n) is 7.22. The van der Waals surface area contributed by atoms with Crippen molar-refractivity contribution >= 4 is 22.9 Å². The highest BCUT2D eigenvalue weighted by Crippen LogP contribution is 2.26. The molecule has 2 nitrogen and oxygen atoms in total. The monoisotopic (exact) mass is 225 g/mol. The van der Waals surface area contributed by atoms with E-state index in [1.54, 1.807) is 23.8 Å². The van der Waals surface area contributed by atoms with Crippen molar-refractivity contribution in [2.75, 3.05) is 0 Å². The maximum atomic E-state index is 9.92. The molecule has 14 heavy (non-hydrogen) atoms. The fraction of sp³-hybridized carbons (Fsp3) is 0.100. The molecular weight excluding hydrogens is 218 g/mol. The molecule has 1 N–H and O–H groups in total. The van der Waals surface area contributed by atoms with Crippen LogP contribution in [0.5, 0.6) is 0 Å². The standard InChI is InChI=1S/C10H8ClNOS/c11-8-3-1-2-7(4-8)10(13)9-5-12-6-14-9/h1-6,10,13H. The average Bonchev–Trinajstić information content (AvgIpc) is 2.69. The lowest BCUT2D eigenvalue weighted by molar-refractivity contribution is 0.224. The molecular formula is C10H8ClNOS. The molecule has 0 aliphatic rings. The Morgan fingerprint density at radius 2 is 2.29 bits per heavy atom. The largest absolute Gasteiger partial charge is 0.383 e. The van der Waals surface area contributed by atoms with Crippen molar-refractivity contribution in [3.63, 3.8) is 0 Å². The number of aliphatic hydroxyl groups is 1. The van der Waals surface area contributed by atoms with Gasteiger partial charge in [-0.15, -0.1) is 11.3 Å². The number of benzene rings is 1. The third-order valence-corrected chi connectivity index (χ3v) is 2.95. The molecule has 0 saturated carbocycles. The predicted molar refractivity (Wildman–Crippen MR) is 57.6 cm³/mol. The van der Waals surface area contributed by atoms with E-state index in [0.29, 0.717) is 5.02 Å². The normalized spacial score (nSPS) is 12.7. The van der Waals surface area contributed by atoms with Gasteiger partial charge in [0.2, 0.25) is 0 Å². The summed E-state index contributed by atoms with van der Waals surface area (Å²) in [6.07, 6.45) is 1.04. The topological polar surface area (TPSA) is 33.1 Å². The van der Waals surface area contributed by atoms with Crippen LogP contribution in [0.15, 0.2) is 36.0 Å². The van der Waals surface area contributed by atoms with E-state index in [9.17, 15) is 5.11 Å². The molecule has 1 aromatic carbocycles. The minimum atomic E-state index is -0.624. The number of thiazole rings is 1. The van der Waals surface area contributed by atoms with Crippen LogP contribution in [0.1, 0.15) is 16.5 Å². The molecule has 4 heteroatoms. The molecule has 0 radical (unpaired) electrons. The van der Waals surface area contributed by atoms with Crippen LogP contribution in [-0.4, -0.2) is 10.1 Å². The number of halogens is 1. The van der Waals surface area contributed by atoms with Gasteiger partial charge in [0.1, 0.15) is 6.10 Å². The third kappa shape index (κ3) is 1.95. The Hall–Kier alpha value is -0.900. The van der Waals surface area contributed by atoms with Crippen molar-refractivity contribution in [2.45, 2.75) is 6.10 Å². The molecule has 1 aromatic heterocycles. The second-order valence-electron chi connectivity index (χ2n) is 2.86. The van der Waals surface area contributed by atoms with Crippen LogP contribution in [0.25, 0.3) is 0 Å². The van der Waals surface area contributed by atoms with Gasteiger partial charge in [-0.2, -0.15) is 0 Å². The number of rotatable bonds is 2. The van der Waals surface area contributed by atoms with Gasteiger partial charge in [-0.25, -0.2) is 0 Å². The molecule has 0 spiro atoms. The van der Waals surface area contributed by atoms with E-state index >= 15 is 0 Å². The van der Waals surface area contributed by atoms with Crippen LogP contribution in [0.3, 0.4) is 0 Å². The zero-order chi connectivity index (χ0) is 9.97. The minimum absolute atomic E-state index is 0.624. The first-order chi connectivity index (χ1) is 6.77. The highest BCUT2D eigenvalue weighted by molar-refractivity contribution is 7.09. The molecule has 0 aliphatic heterocycles. The van der Waals surface area contributed by atoms with Crippen LogP contribution in [-0.2, 0) is 0 Å². The van der Waals surface area contributed by atoms with Crippen LogP contribution < -0.4 is 0 Å². The van der Waals surface area contributed by atoms with Crippen molar-refractivity contribution in [1.29, 1.82) is 0 Å². The Labute approximate surface area is 90.8 Å². The van der Waals surface area contributed by atoms with Gasteiger partial charge >= 0.3 is 0 Å². The highest BCUT2D eigenvalue weighted by atomic mass is 35.5. The van der Waals surface area contributed by atoms with Gasteiger partial charge in [0.25, 0.3) is 0 Å². The van der Waals surface area contributed by atoms with Crippen molar-refractivity contribution in [1.82, 2.24) is 4.98 Å². The van der Waals surface area contributed by atoms with Gasteiger partial charge in [-0.3, -0.25) is 4.98 Å². The second-order valence-corrected chi connectivity index (χ2v) is 4.22. The van der Waals surface area contributed by atoms with Crippen LogP contribution in [0, 0.1) is 0 Å². The van der Waals surface area contributed by atoms with Crippen LogP contribution in [0.2, 0.25) is 5.02 Å². The first-order valence-corrected chi connectivity index (χ1v) is 5.35. The molecule has 1 unspecified atom stereocenters. The maximum Gasteiger partial charge on any atom is 0.115 e. The van der Waals surface area contributed by atoms with E-state index in [1.807, 2.05) is 12.1 Å². The molecule has 0 fully saturated rings. The zero-order valence-corrected chi connectivity index (χ0v) is 8.79. The Bertz CT molecular complexity index is 416. The van der Waals surface area contributed by atoms with Gasteiger partial charge in [0.05, 0.1) is 10.4 Å². The first kappa shape index (κ1) is 9.65. The first-order valence-electron chi connectivity index (χ1n) is 4.09. The summed E-state index contributed by atoms with van der Waals surface area (Å²) >= 11 is 7.25. The Morgan fingerprint density at radius 3 is 2.93 bits per heavy atom. The highest BCUT2D eigenvalue weighted by Gasteiger charge is 2.11. The molecule has 2 rings (SSSR count). The number of hydrogen-bond acceptors (Lipinski definition) is 3. The van der Waals surface area contributed by atoms with Crippen molar-refractivity contribution in [2.24, 2.45) is 0 Å². The smallest absolute Gasteiger partial charge is 0.115 e. The van der Waals surface area contributed by atoms with E-state index in [-0.39, 0.29) is 0 Å². The summed E-state index contributed by atoms with van der Waals surface area (Å²) in [5.41, 5.74) is 2.49. The van der Waals surface area contributed by atoms with Gasteiger partial charge in [0, 0.05) is 11.2 Å². The summed E-state index contributed by atoms with van der Waals surface area (Å²) in [4.78, 5) is 4.74. The lowest BCUT2D eigenvalue weighted by Crippen LogP contribution is -1.96. The fourth-order valence-electron chi connectivity index (χ4n) is 1.20. The molecule has 1 atom stereocenters. The Kier molecular flexibility index (Phi) is 2.82. The number of aliphatic hydroxyl groups excluding tert-OH is 1. The van der Waals surface area contributed by atoms with Crippen LogP contribution in [0.4, 0.5) is 0 Å². The van der Waals surface area contributed by atoms with Crippen LogP contribution >= 0.6 is 22.9 Å². The lowest BCUT2D eigenvalue weighted by Gasteiger charge is -2.07. The number of aromatic nitrogens is 1. The van der Waals surface area contributed by atoms with Crippen molar-refractivity contribution in [3.05, 3.63) is 51.4 Å². The van der Waals surface area contributed by atoms with E-state index in [0.717, 1.165) is 10.4 Å². The van der Waals surface area contributed by atoms with Crippen molar-refractivity contribution < 1.29 is 5.11 Å². The SMILES string of the molecule is OC(c1cccc(Cl)c1)c1cncs1. The molecule has 0 amide bonds. The molecule has 72 valence electrons.